The van der Waals surface area contributed by atoms with Crippen molar-refractivity contribution in [2.75, 3.05) is 30.9 Å². The highest BCUT2D eigenvalue weighted by atomic mass is 16.5. The number of hydrogen-bond acceptors (Lipinski definition) is 6. The van der Waals surface area contributed by atoms with Crippen molar-refractivity contribution in [3.8, 4) is 5.88 Å². The Morgan fingerprint density at radius 1 is 1.15 bits per heavy atom. The Morgan fingerprint density at radius 2 is 2.04 bits per heavy atom. The number of nitrogen functional groups attached to an aromatic ring is 1. The Labute approximate surface area is 151 Å². The number of nitrogens with one attached hydrogen (secondary N) is 1. The molecule has 7 heteroatoms. The summed E-state index contributed by atoms with van der Waals surface area (Å²) >= 11 is 0. The van der Waals surface area contributed by atoms with E-state index in [0.717, 1.165) is 10.8 Å². The number of amides is 1. The van der Waals surface area contributed by atoms with E-state index in [1.807, 2.05) is 25.1 Å². The summed E-state index contributed by atoms with van der Waals surface area (Å²) in [6.07, 6.45) is 3.20. The predicted octanol–water partition coefficient (Wildman–Crippen LogP) is 2.88. The molecule has 26 heavy (non-hydrogen) atoms. The molecular weight excluding hydrogens is 332 g/mol. The molecule has 0 unspecified atom stereocenters. The molecular formula is C19H20N4O3. The Morgan fingerprint density at radius 3 is 2.85 bits per heavy atom. The summed E-state index contributed by atoms with van der Waals surface area (Å²) in [5.41, 5.74) is 6.96. The van der Waals surface area contributed by atoms with Crippen LogP contribution in [-0.2, 0) is 4.74 Å². The van der Waals surface area contributed by atoms with Crippen molar-refractivity contribution in [1.82, 2.24) is 9.97 Å². The van der Waals surface area contributed by atoms with E-state index in [9.17, 15) is 4.79 Å². The van der Waals surface area contributed by atoms with Gasteiger partial charge in [0, 0.05) is 30.1 Å². The molecule has 3 aromatic rings. The van der Waals surface area contributed by atoms with Gasteiger partial charge in [0.2, 0.25) is 5.88 Å². The predicted molar refractivity (Wildman–Crippen MR) is 100 cm³/mol. The summed E-state index contributed by atoms with van der Waals surface area (Å²) in [7, 11) is 0. The molecule has 0 spiro atoms. The first kappa shape index (κ1) is 17.6. The number of carbonyl (C=O) groups excluding carboxylic acids is 1. The first-order chi connectivity index (χ1) is 12.7. The van der Waals surface area contributed by atoms with Crippen LogP contribution in [0.2, 0.25) is 0 Å². The molecule has 0 aliphatic carbocycles. The van der Waals surface area contributed by atoms with E-state index in [1.54, 1.807) is 24.4 Å². The number of carbonyl (C=O) groups is 1. The van der Waals surface area contributed by atoms with Gasteiger partial charge < -0.3 is 20.5 Å². The maximum atomic E-state index is 12.3. The third kappa shape index (κ3) is 4.07. The smallest absolute Gasteiger partial charge is 0.276 e. The summed E-state index contributed by atoms with van der Waals surface area (Å²) in [4.78, 5) is 20.6. The molecule has 0 radical (unpaired) electrons. The lowest BCUT2D eigenvalue weighted by molar-refractivity contribution is 0.102. The zero-order valence-electron chi connectivity index (χ0n) is 14.4. The molecule has 134 valence electrons. The van der Waals surface area contributed by atoms with E-state index < -0.39 is 0 Å². The fraction of sp³-hybridized carbons (Fsp3) is 0.211. The fourth-order valence-corrected chi connectivity index (χ4v) is 2.48. The molecule has 0 atom stereocenters. The molecule has 0 bridgehead atoms. The van der Waals surface area contributed by atoms with Crippen molar-refractivity contribution >= 4 is 28.1 Å². The number of aromatic nitrogens is 2. The van der Waals surface area contributed by atoms with Gasteiger partial charge in [-0.25, -0.2) is 9.97 Å². The van der Waals surface area contributed by atoms with Gasteiger partial charge in [0.05, 0.1) is 12.3 Å². The first-order valence-corrected chi connectivity index (χ1v) is 8.30. The quantitative estimate of drug-likeness (QED) is 0.634. The van der Waals surface area contributed by atoms with Gasteiger partial charge in [0.1, 0.15) is 6.61 Å². The van der Waals surface area contributed by atoms with Gasteiger partial charge in [0.15, 0.2) is 5.69 Å². The van der Waals surface area contributed by atoms with Crippen molar-refractivity contribution in [3.63, 3.8) is 0 Å². The Hall–Kier alpha value is -3.19. The number of anilines is 2. The summed E-state index contributed by atoms with van der Waals surface area (Å²) in [6, 6.07) is 10.7. The van der Waals surface area contributed by atoms with Crippen LogP contribution < -0.4 is 15.8 Å². The van der Waals surface area contributed by atoms with Crippen LogP contribution in [0.5, 0.6) is 5.88 Å². The molecule has 1 amide bonds. The SMILES string of the molecule is CCOCCOc1nccc2cc(NC(=O)c3ncccc3N)ccc12. The first-order valence-electron chi connectivity index (χ1n) is 8.30. The number of hydrogen-bond donors (Lipinski definition) is 2. The van der Waals surface area contributed by atoms with Gasteiger partial charge in [-0.1, -0.05) is 0 Å². The summed E-state index contributed by atoms with van der Waals surface area (Å²) in [5, 5.41) is 4.57. The number of benzene rings is 1. The van der Waals surface area contributed by atoms with Crippen molar-refractivity contribution in [2.45, 2.75) is 6.92 Å². The fourth-order valence-electron chi connectivity index (χ4n) is 2.48. The van der Waals surface area contributed by atoms with Crippen LogP contribution in [0.1, 0.15) is 17.4 Å². The van der Waals surface area contributed by atoms with E-state index >= 15 is 0 Å². The van der Waals surface area contributed by atoms with Gasteiger partial charge in [-0.05, 0) is 48.7 Å². The van der Waals surface area contributed by atoms with Gasteiger partial charge in [0.25, 0.3) is 5.91 Å². The van der Waals surface area contributed by atoms with E-state index in [0.29, 0.717) is 37.1 Å². The topological polar surface area (TPSA) is 99.4 Å². The van der Waals surface area contributed by atoms with Gasteiger partial charge >= 0.3 is 0 Å². The minimum Gasteiger partial charge on any atom is -0.475 e. The number of nitrogens with two attached hydrogens (primary N) is 1. The molecule has 0 saturated heterocycles. The second-order valence-electron chi connectivity index (χ2n) is 5.49. The van der Waals surface area contributed by atoms with E-state index in [1.165, 1.54) is 6.20 Å². The molecule has 7 nitrogen and oxygen atoms in total. The molecule has 3 N–H and O–H groups in total. The highest BCUT2D eigenvalue weighted by molar-refractivity contribution is 6.07. The van der Waals surface area contributed by atoms with Gasteiger partial charge in [-0.15, -0.1) is 0 Å². The number of fused-ring (bicyclic) bond motifs is 1. The molecule has 0 fully saturated rings. The zero-order chi connectivity index (χ0) is 18.4. The highest BCUT2D eigenvalue weighted by Crippen LogP contribution is 2.26. The molecule has 3 rings (SSSR count). The monoisotopic (exact) mass is 352 g/mol. The minimum absolute atomic E-state index is 0.197. The van der Waals surface area contributed by atoms with Crippen molar-refractivity contribution in [3.05, 3.63) is 54.5 Å². The summed E-state index contributed by atoms with van der Waals surface area (Å²) < 4.78 is 10.9. The number of pyridine rings is 2. The number of ether oxygens (including phenoxy) is 2. The van der Waals surface area contributed by atoms with Crippen molar-refractivity contribution < 1.29 is 14.3 Å². The second kappa shape index (κ2) is 8.26. The van der Waals surface area contributed by atoms with Crippen LogP contribution in [0.3, 0.4) is 0 Å². The molecule has 0 saturated carbocycles. The average Bonchev–Trinajstić information content (AvgIpc) is 2.65. The maximum Gasteiger partial charge on any atom is 0.276 e. The van der Waals surface area contributed by atoms with Crippen LogP contribution in [0.25, 0.3) is 10.8 Å². The molecule has 0 aliphatic rings. The van der Waals surface area contributed by atoms with E-state index in [2.05, 4.69) is 15.3 Å². The third-order valence-corrected chi connectivity index (χ3v) is 3.71. The largest absolute Gasteiger partial charge is 0.475 e. The lowest BCUT2D eigenvalue weighted by Crippen LogP contribution is -2.15. The second-order valence-corrected chi connectivity index (χ2v) is 5.49. The number of rotatable bonds is 7. The molecule has 2 heterocycles. The highest BCUT2D eigenvalue weighted by Gasteiger charge is 2.12. The standard InChI is InChI=1S/C19H20N4O3/c1-2-25-10-11-26-19-15-6-5-14(12-13(15)7-9-22-19)23-18(24)17-16(20)4-3-8-21-17/h3-9,12H,2,10-11,20H2,1H3,(H,23,24). The molecule has 0 aliphatic heterocycles. The van der Waals surface area contributed by atoms with Gasteiger partial charge in [-0.2, -0.15) is 0 Å². The van der Waals surface area contributed by atoms with Crippen molar-refractivity contribution in [1.29, 1.82) is 0 Å². The van der Waals surface area contributed by atoms with Crippen LogP contribution in [0.15, 0.2) is 48.8 Å². The Bertz CT molecular complexity index is 914. The average molecular weight is 352 g/mol. The van der Waals surface area contributed by atoms with Crippen molar-refractivity contribution in [2.24, 2.45) is 0 Å². The van der Waals surface area contributed by atoms with Crippen LogP contribution in [-0.4, -0.2) is 35.7 Å². The Balaban J connectivity index is 1.77. The van der Waals surface area contributed by atoms with E-state index in [-0.39, 0.29) is 11.6 Å². The van der Waals surface area contributed by atoms with E-state index in [4.69, 9.17) is 15.2 Å². The van der Waals surface area contributed by atoms with Crippen LogP contribution in [0, 0.1) is 0 Å². The van der Waals surface area contributed by atoms with Crippen LogP contribution in [0.4, 0.5) is 11.4 Å². The zero-order valence-corrected chi connectivity index (χ0v) is 14.4. The maximum absolute atomic E-state index is 12.3. The number of nitrogens with zero attached hydrogens (tertiary/aromatic N) is 2. The third-order valence-electron chi connectivity index (χ3n) is 3.71. The Kier molecular flexibility index (Phi) is 5.60. The summed E-state index contributed by atoms with van der Waals surface area (Å²) in [6.45, 7) is 3.52. The molecule has 1 aromatic carbocycles. The van der Waals surface area contributed by atoms with Crippen LogP contribution >= 0.6 is 0 Å². The normalized spacial score (nSPS) is 10.7. The summed E-state index contributed by atoms with van der Waals surface area (Å²) in [5.74, 6) is 0.179. The lowest BCUT2D eigenvalue weighted by Gasteiger charge is -2.10. The van der Waals surface area contributed by atoms with Gasteiger partial charge in [-0.3, -0.25) is 4.79 Å². The molecule has 2 aromatic heterocycles. The minimum atomic E-state index is -0.357. The lowest BCUT2D eigenvalue weighted by atomic mass is 10.1.